The molecule has 1 rings (SSSR count). The van der Waals surface area contributed by atoms with Crippen molar-refractivity contribution in [2.24, 2.45) is 0 Å². The highest BCUT2D eigenvalue weighted by Crippen LogP contribution is 1.94. The Labute approximate surface area is 54.5 Å². The summed E-state index contributed by atoms with van der Waals surface area (Å²) >= 11 is 1.49. The summed E-state index contributed by atoms with van der Waals surface area (Å²) in [5, 5.41) is 1.97. The van der Waals surface area contributed by atoms with Crippen molar-refractivity contribution in [1.82, 2.24) is 4.37 Å². The lowest BCUT2D eigenvalue weighted by Crippen LogP contribution is -1.57. The molecule has 0 spiro atoms. The minimum absolute atomic E-state index is 1.11. The topological polar surface area (TPSA) is 12.9 Å². The molecule has 8 heavy (non-hydrogen) atoms. The fraction of sp³-hybridized carbons (Fsp3) is 0.500. The van der Waals surface area contributed by atoms with E-state index >= 15 is 0 Å². The molecule has 0 aliphatic heterocycles. The van der Waals surface area contributed by atoms with Gasteiger partial charge in [-0.2, -0.15) is 4.37 Å². The minimum atomic E-state index is 1.11. The maximum Gasteiger partial charge on any atom is 0.0511 e. The van der Waals surface area contributed by atoms with Crippen molar-refractivity contribution in [3.05, 3.63) is 17.1 Å². The largest absolute Gasteiger partial charge is 0.198 e. The van der Waals surface area contributed by atoms with Gasteiger partial charge in [-0.15, -0.1) is 0 Å². The second-order valence-electron chi connectivity index (χ2n) is 1.14. The van der Waals surface area contributed by atoms with Crippen molar-refractivity contribution in [2.45, 2.75) is 20.8 Å². The van der Waals surface area contributed by atoms with Gasteiger partial charge in [0.1, 0.15) is 0 Å². The van der Waals surface area contributed by atoms with Crippen molar-refractivity contribution in [3.8, 4) is 0 Å². The predicted octanol–water partition coefficient (Wildman–Crippen LogP) is 2.48. The maximum atomic E-state index is 3.96. The zero-order valence-corrected chi connectivity index (χ0v) is 6.33. The van der Waals surface area contributed by atoms with Crippen LogP contribution < -0.4 is 0 Å². The first-order valence-electron chi connectivity index (χ1n) is 2.76. The van der Waals surface area contributed by atoms with E-state index in [4.69, 9.17) is 0 Å². The van der Waals surface area contributed by atoms with Crippen LogP contribution >= 0.6 is 11.5 Å². The molecule has 1 aromatic heterocycles. The summed E-state index contributed by atoms with van der Waals surface area (Å²) in [6.07, 6.45) is 0. The lowest BCUT2D eigenvalue weighted by atomic mass is 10.5. The zero-order valence-electron chi connectivity index (χ0n) is 5.51. The van der Waals surface area contributed by atoms with Gasteiger partial charge in [-0.05, 0) is 24.5 Å². The Hall–Kier alpha value is -0.370. The van der Waals surface area contributed by atoms with Gasteiger partial charge in [0.05, 0.1) is 5.69 Å². The number of aromatic nitrogens is 1. The monoisotopic (exact) mass is 129 g/mol. The quantitative estimate of drug-likeness (QED) is 0.524. The molecule has 0 unspecified atom stereocenters. The van der Waals surface area contributed by atoms with E-state index < -0.39 is 0 Å². The van der Waals surface area contributed by atoms with E-state index in [0.29, 0.717) is 0 Å². The molecule has 0 amide bonds. The third-order valence-electron chi connectivity index (χ3n) is 0.567. The van der Waals surface area contributed by atoms with Gasteiger partial charge in [0.25, 0.3) is 0 Å². The van der Waals surface area contributed by atoms with E-state index in [1.54, 1.807) is 0 Å². The summed E-state index contributed by atoms with van der Waals surface area (Å²) in [5.74, 6) is 0. The van der Waals surface area contributed by atoms with Crippen molar-refractivity contribution >= 4 is 11.5 Å². The molecule has 0 saturated carbocycles. The van der Waals surface area contributed by atoms with E-state index in [2.05, 4.69) is 4.37 Å². The molecule has 0 aliphatic rings. The molecule has 0 aliphatic carbocycles. The lowest BCUT2D eigenvalue weighted by molar-refractivity contribution is 1.35. The molecule has 2 heteroatoms. The number of hydrogen-bond acceptors (Lipinski definition) is 2. The molecule has 0 saturated heterocycles. The third kappa shape index (κ3) is 2.75. The summed E-state index contributed by atoms with van der Waals surface area (Å²) in [5.41, 5.74) is 1.11. The zero-order chi connectivity index (χ0) is 6.41. The first-order valence-corrected chi connectivity index (χ1v) is 3.60. The van der Waals surface area contributed by atoms with Gasteiger partial charge in [0.2, 0.25) is 0 Å². The van der Waals surface area contributed by atoms with Crippen molar-refractivity contribution in [3.63, 3.8) is 0 Å². The summed E-state index contributed by atoms with van der Waals surface area (Å²) < 4.78 is 3.96. The van der Waals surface area contributed by atoms with Gasteiger partial charge in [0.15, 0.2) is 0 Å². The van der Waals surface area contributed by atoms with Crippen LogP contribution in [-0.2, 0) is 0 Å². The Bertz CT molecular complexity index is 112. The highest BCUT2D eigenvalue weighted by molar-refractivity contribution is 7.03. The third-order valence-corrected chi connectivity index (χ3v) is 1.22. The fourth-order valence-electron chi connectivity index (χ4n) is 0.273. The smallest absolute Gasteiger partial charge is 0.0511 e. The van der Waals surface area contributed by atoms with E-state index in [1.807, 2.05) is 32.2 Å². The van der Waals surface area contributed by atoms with Gasteiger partial charge in [-0.1, -0.05) is 13.8 Å². The van der Waals surface area contributed by atoms with E-state index in [0.717, 1.165) is 5.69 Å². The second-order valence-corrected chi connectivity index (χ2v) is 1.81. The highest BCUT2D eigenvalue weighted by atomic mass is 32.1. The van der Waals surface area contributed by atoms with Crippen LogP contribution in [0.3, 0.4) is 0 Å². The van der Waals surface area contributed by atoms with Crippen LogP contribution in [0.4, 0.5) is 0 Å². The molecule has 1 nitrogen and oxygen atoms in total. The summed E-state index contributed by atoms with van der Waals surface area (Å²) in [4.78, 5) is 0. The Morgan fingerprint density at radius 1 is 1.50 bits per heavy atom. The van der Waals surface area contributed by atoms with Crippen LogP contribution in [0.15, 0.2) is 11.4 Å². The molecule has 0 radical (unpaired) electrons. The Morgan fingerprint density at radius 3 is 2.25 bits per heavy atom. The molecule has 0 atom stereocenters. The van der Waals surface area contributed by atoms with Crippen LogP contribution in [0.25, 0.3) is 0 Å². The van der Waals surface area contributed by atoms with Crippen LogP contribution in [0.5, 0.6) is 0 Å². The lowest BCUT2D eigenvalue weighted by Gasteiger charge is -1.64. The average molecular weight is 129 g/mol. The molecule has 0 bridgehead atoms. The fourth-order valence-corrected chi connectivity index (χ4v) is 0.819. The Kier molecular flexibility index (Phi) is 4.56. The second kappa shape index (κ2) is 4.78. The van der Waals surface area contributed by atoms with Crippen LogP contribution in [0.2, 0.25) is 0 Å². The standard InChI is InChI=1S/C4H5NS.C2H6/c1-4-2-3-6-5-4;1-2/h2-3H,1H3;1-2H3. The Morgan fingerprint density at radius 2 is 2.12 bits per heavy atom. The number of rotatable bonds is 0. The average Bonchev–Trinajstić information content (AvgIpc) is 2.24. The van der Waals surface area contributed by atoms with E-state index in [9.17, 15) is 0 Å². The van der Waals surface area contributed by atoms with Crippen LogP contribution in [-0.4, -0.2) is 4.37 Å². The molecule has 1 heterocycles. The summed E-state index contributed by atoms with van der Waals surface area (Å²) in [6.45, 7) is 5.98. The molecule has 46 valence electrons. The molecular formula is C6H11NS. The molecular weight excluding hydrogens is 118 g/mol. The predicted molar refractivity (Wildman–Crippen MR) is 38.2 cm³/mol. The van der Waals surface area contributed by atoms with Gasteiger partial charge >= 0.3 is 0 Å². The normalized spacial score (nSPS) is 7.38. The summed E-state index contributed by atoms with van der Waals surface area (Å²) in [6, 6.07) is 1.99. The first-order chi connectivity index (χ1) is 3.89. The number of hydrogen-bond donors (Lipinski definition) is 0. The maximum absolute atomic E-state index is 3.96. The van der Waals surface area contributed by atoms with Gasteiger partial charge in [0, 0.05) is 5.38 Å². The molecule has 0 N–H and O–H groups in total. The number of nitrogens with zero attached hydrogens (tertiary/aromatic N) is 1. The molecule has 0 aromatic carbocycles. The van der Waals surface area contributed by atoms with Crippen LogP contribution in [0, 0.1) is 6.92 Å². The van der Waals surface area contributed by atoms with Gasteiger partial charge < -0.3 is 0 Å². The highest BCUT2D eigenvalue weighted by Gasteiger charge is 1.76. The van der Waals surface area contributed by atoms with Gasteiger partial charge in [-0.25, -0.2) is 0 Å². The minimum Gasteiger partial charge on any atom is -0.198 e. The van der Waals surface area contributed by atoms with Gasteiger partial charge in [-0.3, -0.25) is 0 Å². The summed E-state index contributed by atoms with van der Waals surface area (Å²) in [7, 11) is 0. The van der Waals surface area contributed by atoms with E-state index in [-0.39, 0.29) is 0 Å². The Balaban J connectivity index is 0.000000222. The number of aryl methyl sites for hydroxylation is 1. The first kappa shape index (κ1) is 7.63. The molecule has 1 aromatic rings. The van der Waals surface area contributed by atoms with Crippen molar-refractivity contribution < 1.29 is 0 Å². The van der Waals surface area contributed by atoms with Crippen molar-refractivity contribution in [2.75, 3.05) is 0 Å². The van der Waals surface area contributed by atoms with Crippen molar-refractivity contribution in [1.29, 1.82) is 0 Å². The SMILES string of the molecule is CC.Cc1ccsn1. The van der Waals surface area contributed by atoms with Crippen LogP contribution in [0.1, 0.15) is 19.5 Å². The van der Waals surface area contributed by atoms with E-state index in [1.165, 1.54) is 11.5 Å². The molecule has 0 fully saturated rings.